The molecule has 4 heteroatoms. The Morgan fingerprint density at radius 1 is 0.870 bits per heavy atom. The van der Waals surface area contributed by atoms with Crippen LogP contribution in [0.2, 0.25) is 0 Å². The molecule has 0 bridgehead atoms. The first-order valence-electron chi connectivity index (χ1n) is 7.12. The number of rotatable bonds is 4. The molecule has 0 aliphatic heterocycles. The lowest BCUT2D eigenvalue weighted by atomic mass is 9.98. The number of aromatic hydroxyl groups is 1. The highest BCUT2D eigenvalue weighted by Gasteiger charge is 2.16. The molecule has 116 valence electrons. The SMILES string of the molecule is COc1ccc(C(=O)c2cc3ccccc3cc2O)cc1OC. The van der Waals surface area contributed by atoms with Crippen molar-refractivity contribution in [3.63, 3.8) is 0 Å². The van der Waals surface area contributed by atoms with Crippen LogP contribution in [0.3, 0.4) is 0 Å². The van der Waals surface area contributed by atoms with Crippen molar-refractivity contribution in [3.05, 3.63) is 65.7 Å². The molecule has 0 aromatic heterocycles. The molecule has 0 unspecified atom stereocenters. The highest BCUT2D eigenvalue weighted by molar-refractivity contribution is 6.12. The molecule has 0 aliphatic carbocycles. The predicted octanol–water partition coefficient (Wildman–Crippen LogP) is 3.79. The summed E-state index contributed by atoms with van der Waals surface area (Å²) in [5.74, 6) is 0.711. The number of ether oxygens (including phenoxy) is 2. The van der Waals surface area contributed by atoms with Crippen LogP contribution in [0.5, 0.6) is 17.2 Å². The van der Waals surface area contributed by atoms with Crippen LogP contribution in [0, 0.1) is 0 Å². The largest absolute Gasteiger partial charge is 0.507 e. The van der Waals surface area contributed by atoms with Crippen LogP contribution in [0.15, 0.2) is 54.6 Å². The molecule has 3 aromatic carbocycles. The molecule has 0 saturated heterocycles. The second kappa shape index (κ2) is 6.01. The second-order valence-corrected chi connectivity index (χ2v) is 5.12. The fraction of sp³-hybridized carbons (Fsp3) is 0.105. The third-order valence-corrected chi connectivity index (χ3v) is 3.75. The molecule has 0 heterocycles. The van der Waals surface area contributed by atoms with Crippen LogP contribution in [0.4, 0.5) is 0 Å². The van der Waals surface area contributed by atoms with Crippen LogP contribution >= 0.6 is 0 Å². The highest BCUT2D eigenvalue weighted by atomic mass is 16.5. The first-order valence-corrected chi connectivity index (χ1v) is 7.12. The van der Waals surface area contributed by atoms with Gasteiger partial charge in [-0.3, -0.25) is 4.79 Å². The number of fused-ring (bicyclic) bond motifs is 1. The minimum Gasteiger partial charge on any atom is -0.507 e. The van der Waals surface area contributed by atoms with Gasteiger partial charge in [-0.15, -0.1) is 0 Å². The Kier molecular flexibility index (Phi) is 3.89. The Labute approximate surface area is 133 Å². The fourth-order valence-electron chi connectivity index (χ4n) is 2.54. The fourth-order valence-corrected chi connectivity index (χ4v) is 2.54. The summed E-state index contributed by atoms with van der Waals surface area (Å²) < 4.78 is 10.4. The Morgan fingerprint density at radius 2 is 1.52 bits per heavy atom. The summed E-state index contributed by atoms with van der Waals surface area (Å²) in [5, 5.41) is 12.0. The number of ketones is 1. The Hall–Kier alpha value is -3.01. The van der Waals surface area contributed by atoms with Gasteiger partial charge in [0, 0.05) is 5.56 Å². The zero-order valence-electron chi connectivity index (χ0n) is 12.9. The van der Waals surface area contributed by atoms with Gasteiger partial charge in [0.25, 0.3) is 0 Å². The van der Waals surface area contributed by atoms with E-state index in [1.165, 1.54) is 14.2 Å². The van der Waals surface area contributed by atoms with E-state index >= 15 is 0 Å². The minimum atomic E-state index is -0.269. The van der Waals surface area contributed by atoms with Gasteiger partial charge in [0.05, 0.1) is 19.8 Å². The Balaban J connectivity index is 2.08. The summed E-state index contributed by atoms with van der Waals surface area (Å²) in [4.78, 5) is 12.7. The number of hydrogen-bond acceptors (Lipinski definition) is 4. The molecular formula is C19H16O4. The number of benzene rings is 3. The van der Waals surface area contributed by atoms with Crippen molar-refractivity contribution in [1.82, 2.24) is 0 Å². The summed E-state index contributed by atoms with van der Waals surface area (Å²) in [6.07, 6.45) is 0. The number of carbonyl (C=O) groups is 1. The minimum absolute atomic E-state index is 0.0384. The maximum absolute atomic E-state index is 12.7. The van der Waals surface area contributed by atoms with E-state index in [1.54, 1.807) is 30.3 Å². The van der Waals surface area contributed by atoms with Crippen LogP contribution in [0.1, 0.15) is 15.9 Å². The molecule has 4 nitrogen and oxygen atoms in total. The van der Waals surface area contributed by atoms with Gasteiger partial charge in [0.2, 0.25) is 0 Å². The van der Waals surface area contributed by atoms with E-state index in [2.05, 4.69) is 0 Å². The molecule has 0 radical (unpaired) electrons. The van der Waals surface area contributed by atoms with Gasteiger partial charge in [0.15, 0.2) is 17.3 Å². The molecule has 1 N–H and O–H groups in total. The number of phenolic OH excluding ortho intramolecular Hbond substituents is 1. The molecule has 0 saturated carbocycles. The molecule has 0 fully saturated rings. The molecule has 3 rings (SSSR count). The zero-order valence-corrected chi connectivity index (χ0v) is 12.9. The van der Waals surface area contributed by atoms with Crippen LogP contribution in [0.25, 0.3) is 10.8 Å². The average Bonchev–Trinajstić information content (AvgIpc) is 2.59. The van der Waals surface area contributed by atoms with Crippen LogP contribution in [-0.4, -0.2) is 25.1 Å². The van der Waals surface area contributed by atoms with Crippen molar-refractivity contribution in [1.29, 1.82) is 0 Å². The van der Waals surface area contributed by atoms with Gasteiger partial charge in [0.1, 0.15) is 5.75 Å². The molecule has 0 aliphatic rings. The predicted molar refractivity (Wildman–Crippen MR) is 88.6 cm³/mol. The molecule has 23 heavy (non-hydrogen) atoms. The number of methoxy groups -OCH3 is 2. The van der Waals surface area contributed by atoms with E-state index in [0.717, 1.165) is 10.8 Å². The normalized spacial score (nSPS) is 10.5. The van der Waals surface area contributed by atoms with Gasteiger partial charge in [-0.05, 0) is 41.1 Å². The second-order valence-electron chi connectivity index (χ2n) is 5.12. The van der Waals surface area contributed by atoms with Crippen molar-refractivity contribution in [2.24, 2.45) is 0 Å². The average molecular weight is 308 g/mol. The molecular weight excluding hydrogens is 292 g/mol. The Morgan fingerprint density at radius 3 is 2.17 bits per heavy atom. The molecule has 3 aromatic rings. The summed E-state index contributed by atoms with van der Waals surface area (Å²) in [6.45, 7) is 0. The number of carbonyl (C=O) groups excluding carboxylic acids is 1. The van der Waals surface area contributed by atoms with Gasteiger partial charge in [-0.1, -0.05) is 24.3 Å². The third-order valence-electron chi connectivity index (χ3n) is 3.75. The van der Waals surface area contributed by atoms with E-state index < -0.39 is 0 Å². The molecule has 0 spiro atoms. The van der Waals surface area contributed by atoms with Crippen molar-refractivity contribution in [2.45, 2.75) is 0 Å². The summed E-state index contributed by atoms with van der Waals surface area (Å²) in [7, 11) is 3.05. The highest BCUT2D eigenvalue weighted by Crippen LogP contribution is 2.31. The quantitative estimate of drug-likeness (QED) is 0.745. The van der Waals surface area contributed by atoms with Gasteiger partial charge >= 0.3 is 0 Å². The summed E-state index contributed by atoms with van der Waals surface area (Å²) in [5.41, 5.74) is 0.684. The lowest BCUT2D eigenvalue weighted by Gasteiger charge is -2.10. The number of phenols is 1. The van der Waals surface area contributed by atoms with Crippen molar-refractivity contribution in [2.75, 3.05) is 14.2 Å². The summed E-state index contributed by atoms with van der Waals surface area (Å²) in [6, 6.07) is 15.8. The van der Waals surface area contributed by atoms with Crippen molar-refractivity contribution in [3.8, 4) is 17.2 Å². The monoisotopic (exact) mass is 308 g/mol. The lowest BCUT2D eigenvalue weighted by molar-refractivity contribution is 0.103. The first-order chi connectivity index (χ1) is 11.1. The smallest absolute Gasteiger partial charge is 0.196 e. The maximum Gasteiger partial charge on any atom is 0.196 e. The van der Waals surface area contributed by atoms with Crippen molar-refractivity contribution < 1.29 is 19.4 Å². The third kappa shape index (κ3) is 2.71. The first kappa shape index (κ1) is 14.9. The van der Waals surface area contributed by atoms with Gasteiger partial charge in [-0.2, -0.15) is 0 Å². The summed E-state index contributed by atoms with van der Waals surface area (Å²) >= 11 is 0. The van der Waals surface area contributed by atoms with E-state index in [0.29, 0.717) is 17.1 Å². The van der Waals surface area contributed by atoms with Crippen LogP contribution in [-0.2, 0) is 0 Å². The van der Waals surface area contributed by atoms with Crippen molar-refractivity contribution >= 4 is 16.6 Å². The molecule has 0 amide bonds. The zero-order chi connectivity index (χ0) is 16.4. The lowest BCUT2D eigenvalue weighted by Crippen LogP contribution is -2.03. The number of hydrogen-bond donors (Lipinski definition) is 1. The maximum atomic E-state index is 12.7. The molecule has 0 atom stereocenters. The Bertz CT molecular complexity index is 884. The van der Waals surface area contributed by atoms with Gasteiger partial charge < -0.3 is 14.6 Å². The van der Waals surface area contributed by atoms with E-state index in [-0.39, 0.29) is 17.1 Å². The van der Waals surface area contributed by atoms with E-state index in [9.17, 15) is 9.90 Å². The van der Waals surface area contributed by atoms with E-state index in [1.807, 2.05) is 24.3 Å². The standard InChI is InChI=1S/C19H16O4/c1-22-17-8-7-14(11-18(17)23-2)19(21)15-9-12-5-3-4-6-13(12)10-16(15)20/h3-11,20H,1-2H3. The van der Waals surface area contributed by atoms with Crippen LogP contribution < -0.4 is 9.47 Å². The van der Waals surface area contributed by atoms with E-state index in [4.69, 9.17) is 9.47 Å². The topological polar surface area (TPSA) is 55.8 Å². The van der Waals surface area contributed by atoms with Gasteiger partial charge in [-0.25, -0.2) is 0 Å².